The third-order valence-electron chi connectivity index (χ3n) is 3.76. The summed E-state index contributed by atoms with van der Waals surface area (Å²) in [6.07, 6.45) is 5.03. The molecule has 1 aromatic carbocycles. The van der Waals surface area contributed by atoms with Crippen LogP contribution in [0.4, 0.5) is 5.82 Å². The predicted octanol–water partition coefficient (Wildman–Crippen LogP) is 4.03. The number of aromatic nitrogens is 4. The van der Waals surface area contributed by atoms with Gasteiger partial charge in [-0.3, -0.25) is 14.9 Å². The maximum absolute atomic E-state index is 12.5. The summed E-state index contributed by atoms with van der Waals surface area (Å²) >= 11 is 3.40. The highest BCUT2D eigenvalue weighted by molar-refractivity contribution is 9.10. The smallest absolute Gasteiger partial charge is 0.274 e. The van der Waals surface area contributed by atoms with Gasteiger partial charge in [-0.05, 0) is 35.7 Å². The number of pyridine rings is 2. The number of fused-ring (bicyclic) bond motifs is 1. The van der Waals surface area contributed by atoms with E-state index >= 15 is 0 Å². The van der Waals surface area contributed by atoms with Crippen LogP contribution in [0, 0.1) is 0 Å². The molecule has 0 radical (unpaired) electrons. The van der Waals surface area contributed by atoms with E-state index in [0.29, 0.717) is 17.2 Å². The SMILES string of the molecule is O=C(Nc1nccc2ccncc12)c1cc(-c2ccc(Br)cc2)n[nH]1. The van der Waals surface area contributed by atoms with Crippen molar-refractivity contribution in [2.45, 2.75) is 0 Å². The molecule has 0 spiro atoms. The average Bonchev–Trinajstić information content (AvgIpc) is 3.13. The van der Waals surface area contributed by atoms with E-state index in [9.17, 15) is 4.79 Å². The molecule has 7 heteroatoms. The number of carbonyl (C=O) groups is 1. The molecule has 0 bridgehead atoms. The van der Waals surface area contributed by atoms with Gasteiger partial charge in [0.05, 0.1) is 5.69 Å². The Hall–Kier alpha value is -3.06. The van der Waals surface area contributed by atoms with Gasteiger partial charge in [0.15, 0.2) is 0 Å². The van der Waals surface area contributed by atoms with Crippen molar-refractivity contribution >= 4 is 38.4 Å². The number of carbonyl (C=O) groups excluding carboxylic acids is 1. The summed E-state index contributed by atoms with van der Waals surface area (Å²) in [5.41, 5.74) is 1.98. The molecule has 1 amide bonds. The van der Waals surface area contributed by atoms with Crippen molar-refractivity contribution in [1.82, 2.24) is 20.2 Å². The number of amides is 1. The Morgan fingerprint density at radius 3 is 2.72 bits per heavy atom. The van der Waals surface area contributed by atoms with E-state index in [2.05, 4.69) is 41.4 Å². The third kappa shape index (κ3) is 3.14. The average molecular weight is 394 g/mol. The predicted molar refractivity (Wildman–Crippen MR) is 99.2 cm³/mol. The molecule has 0 saturated heterocycles. The van der Waals surface area contributed by atoms with E-state index < -0.39 is 0 Å². The van der Waals surface area contributed by atoms with Crippen LogP contribution in [0.3, 0.4) is 0 Å². The summed E-state index contributed by atoms with van der Waals surface area (Å²) < 4.78 is 0.986. The minimum absolute atomic E-state index is 0.306. The molecule has 6 nitrogen and oxygen atoms in total. The van der Waals surface area contributed by atoms with Crippen molar-refractivity contribution in [2.24, 2.45) is 0 Å². The highest BCUT2D eigenvalue weighted by atomic mass is 79.9. The number of anilines is 1. The Morgan fingerprint density at radius 1 is 1.08 bits per heavy atom. The second-order valence-electron chi connectivity index (χ2n) is 5.38. The van der Waals surface area contributed by atoms with Gasteiger partial charge in [0, 0.05) is 34.0 Å². The van der Waals surface area contributed by atoms with E-state index in [-0.39, 0.29) is 5.91 Å². The Bertz CT molecular complexity index is 1050. The molecule has 0 aliphatic heterocycles. The van der Waals surface area contributed by atoms with Crippen molar-refractivity contribution in [2.75, 3.05) is 5.32 Å². The van der Waals surface area contributed by atoms with E-state index in [1.165, 1.54) is 0 Å². The van der Waals surface area contributed by atoms with Crippen LogP contribution in [-0.2, 0) is 0 Å². The van der Waals surface area contributed by atoms with Crippen molar-refractivity contribution in [3.05, 3.63) is 71.2 Å². The van der Waals surface area contributed by atoms with Gasteiger partial charge < -0.3 is 5.32 Å². The minimum Gasteiger partial charge on any atom is -0.305 e. The number of benzene rings is 1. The van der Waals surface area contributed by atoms with Gasteiger partial charge in [0.1, 0.15) is 11.5 Å². The quantitative estimate of drug-likeness (QED) is 0.550. The Kier molecular flexibility index (Phi) is 3.99. The van der Waals surface area contributed by atoms with Gasteiger partial charge in [-0.15, -0.1) is 0 Å². The maximum Gasteiger partial charge on any atom is 0.274 e. The van der Waals surface area contributed by atoms with Crippen LogP contribution in [0.15, 0.2) is 65.5 Å². The molecule has 4 aromatic rings. The third-order valence-corrected chi connectivity index (χ3v) is 4.29. The minimum atomic E-state index is -0.306. The molecule has 25 heavy (non-hydrogen) atoms. The zero-order valence-electron chi connectivity index (χ0n) is 12.9. The van der Waals surface area contributed by atoms with E-state index in [4.69, 9.17) is 0 Å². The molecule has 4 rings (SSSR count). The molecule has 0 saturated carbocycles. The lowest BCUT2D eigenvalue weighted by molar-refractivity contribution is 0.102. The van der Waals surface area contributed by atoms with Crippen LogP contribution in [-0.4, -0.2) is 26.1 Å². The van der Waals surface area contributed by atoms with E-state index in [1.54, 1.807) is 24.7 Å². The number of rotatable bonds is 3. The highest BCUT2D eigenvalue weighted by Gasteiger charge is 2.13. The van der Waals surface area contributed by atoms with Gasteiger partial charge in [-0.2, -0.15) is 5.10 Å². The number of halogens is 1. The maximum atomic E-state index is 12.5. The lowest BCUT2D eigenvalue weighted by Crippen LogP contribution is -2.13. The summed E-state index contributed by atoms with van der Waals surface area (Å²) in [6.45, 7) is 0. The molecule has 0 atom stereocenters. The first-order valence-corrected chi connectivity index (χ1v) is 8.31. The van der Waals surface area contributed by atoms with Crippen LogP contribution in [0.5, 0.6) is 0 Å². The van der Waals surface area contributed by atoms with Crippen LogP contribution in [0.25, 0.3) is 22.0 Å². The first-order chi connectivity index (χ1) is 12.2. The second-order valence-corrected chi connectivity index (χ2v) is 6.30. The van der Waals surface area contributed by atoms with E-state index in [0.717, 1.165) is 20.8 Å². The fraction of sp³-hybridized carbons (Fsp3) is 0. The molecule has 0 aliphatic rings. The van der Waals surface area contributed by atoms with Gasteiger partial charge in [-0.1, -0.05) is 28.1 Å². The van der Waals surface area contributed by atoms with Gasteiger partial charge in [0.2, 0.25) is 0 Å². The summed E-state index contributed by atoms with van der Waals surface area (Å²) in [4.78, 5) is 20.8. The normalized spacial score (nSPS) is 10.8. The molecular weight excluding hydrogens is 382 g/mol. The van der Waals surface area contributed by atoms with Gasteiger partial charge in [-0.25, -0.2) is 4.98 Å². The Labute approximate surface area is 151 Å². The molecule has 122 valence electrons. The van der Waals surface area contributed by atoms with Crippen molar-refractivity contribution in [1.29, 1.82) is 0 Å². The first kappa shape index (κ1) is 15.5. The van der Waals surface area contributed by atoms with Crippen LogP contribution >= 0.6 is 15.9 Å². The molecular formula is C18H12BrN5O. The summed E-state index contributed by atoms with van der Waals surface area (Å²) in [5.74, 6) is 0.162. The van der Waals surface area contributed by atoms with E-state index in [1.807, 2.05) is 36.4 Å². The standard InChI is InChI=1S/C18H12BrN5O/c19-13-3-1-12(2-4-13)15-9-16(24-23-15)18(25)22-17-14-10-20-7-5-11(14)6-8-21-17/h1-10H,(H,23,24)(H,21,22,25). The fourth-order valence-electron chi connectivity index (χ4n) is 2.49. The highest BCUT2D eigenvalue weighted by Crippen LogP contribution is 2.22. The summed E-state index contributed by atoms with van der Waals surface area (Å²) in [6, 6.07) is 13.2. The number of hydrogen-bond donors (Lipinski definition) is 2. The monoisotopic (exact) mass is 393 g/mol. The topological polar surface area (TPSA) is 83.6 Å². The molecule has 2 N–H and O–H groups in total. The lowest BCUT2D eigenvalue weighted by Gasteiger charge is -2.05. The number of aromatic amines is 1. The molecule has 3 aromatic heterocycles. The van der Waals surface area contributed by atoms with Crippen molar-refractivity contribution < 1.29 is 4.79 Å². The van der Waals surface area contributed by atoms with Crippen molar-refractivity contribution in [3.8, 4) is 11.3 Å². The second kappa shape index (κ2) is 6.45. The lowest BCUT2D eigenvalue weighted by atomic mass is 10.1. The first-order valence-electron chi connectivity index (χ1n) is 7.52. The van der Waals surface area contributed by atoms with Crippen LogP contribution in [0.1, 0.15) is 10.5 Å². The molecule has 3 heterocycles. The zero-order valence-corrected chi connectivity index (χ0v) is 14.5. The summed E-state index contributed by atoms with van der Waals surface area (Å²) in [7, 11) is 0. The fourth-order valence-corrected chi connectivity index (χ4v) is 2.76. The number of H-pyrrole nitrogens is 1. The van der Waals surface area contributed by atoms with Crippen molar-refractivity contribution in [3.63, 3.8) is 0 Å². The van der Waals surface area contributed by atoms with Gasteiger partial charge >= 0.3 is 0 Å². The van der Waals surface area contributed by atoms with Crippen LogP contribution in [0.2, 0.25) is 0 Å². The number of nitrogens with one attached hydrogen (secondary N) is 2. The summed E-state index contributed by atoms with van der Waals surface area (Å²) in [5, 5.41) is 11.5. The molecule has 0 unspecified atom stereocenters. The molecule has 0 fully saturated rings. The zero-order chi connectivity index (χ0) is 17.2. The Morgan fingerprint density at radius 2 is 1.88 bits per heavy atom. The van der Waals surface area contributed by atoms with Crippen LogP contribution < -0.4 is 5.32 Å². The number of hydrogen-bond acceptors (Lipinski definition) is 4. The Balaban J connectivity index is 1.60. The number of nitrogens with zero attached hydrogens (tertiary/aromatic N) is 3. The van der Waals surface area contributed by atoms with Gasteiger partial charge in [0.25, 0.3) is 5.91 Å². The molecule has 0 aliphatic carbocycles. The largest absolute Gasteiger partial charge is 0.305 e.